The van der Waals surface area contributed by atoms with Crippen LogP contribution in [0.25, 0.3) is 0 Å². The second kappa shape index (κ2) is 10.8. The maximum absolute atomic E-state index is 10.9. The Labute approximate surface area is 150 Å². The predicted octanol–water partition coefficient (Wildman–Crippen LogP) is 1.21. The first-order valence-electron chi connectivity index (χ1n) is 7.05. The van der Waals surface area contributed by atoms with Gasteiger partial charge in [-0.3, -0.25) is 0 Å². The number of primary sulfonamides is 1. The summed E-state index contributed by atoms with van der Waals surface area (Å²) >= 11 is 0. The molecule has 4 N–H and O–H groups in total. The SMILES string of the molecule is CCNC(=NCc1ccccc1CC)NCCS(N)(=O)=O.I. The Hall–Kier alpha value is -0.870. The molecule has 6 nitrogen and oxygen atoms in total. The Balaban J connectivity index is 0.00000441. The molecule has 0 saturated heterocycles. The molecule has 0 fully saturated rings. The van der Waals surface area contributed by atoms with Crippen LogP contribution in [-0.4, -0.2) is 33.2 Å². The molecule has 1 rings (SSSR count). The number of sulfonamides is 1. The average Bonchev–Trinajstić information content (AvgIpc) is 2.43. The molecule has 0 amide bonds. The lowest BCUT2D eigenvalue weighted by Crippen LogP contribution is -2.40. The summed E-state index contributed by atoms with van der Waals surface area (Å²) in [6.07, 6.45) is 0.959. The van der Waals surface area contributed by atoms with Crippen LogP contribution in [0.15, 0.2) is 29.3 Å². The number of benzene rings is 1. The Morgan fingerprint density at radius 3 is 2.36 bits per heavy atom. The molecule has 0 bridgehead atoms. The van der Waals surface area contributed by atoms with Crippen LogP contribution in [0.4, 0.5) is 0 Å². The molecule has 1 aromatic carbocycles. The molecule has 0 radical (unpaired) electrons. The maximum Gasteiger partial charge on any atom is 0.210 e. The van der Waals surface area contributed by atoms with Crippen molar-refractivity contribution in [3.05, 3.63) is 35.4 Å². The van der Waals surface area contributed by atoms with Gasteiger partial charge in [0.1, 0.15) is 0 Å². The summed E-state index contributed by atoms with van der Waals surface area (Å²) in [5.41, 5.74) is 2.44. The topological polar surface area (TPSA) is 96.6 Å². The van der Waals surface area contributed by atoms with Crippen molar-refractivity contribution in [1.29, 1.82) is 0 Å². The minimum Gasteiger partial charge on any atom is -0.357 e. The van der Waals surface area contributed by atoms with Crippen molar-refractivity contribution in [3.8, 4) is 0 Å². The van der Waals surface area contributed by atoms with Crippen LogP contribution >= 0.6 is 24.0 Å². The standard InChI is InChI=1S/C14H24N4O2S.HI/c1-3-12-7-5-6-8-13(12)11-18-14(16-4-2)17-9-10-21(15,19)20;/h5-8H,3-4,9-11H2,1-2H3,(H2,15,19,20)(H2,16,17,18);1H. The van der Waals surface area contributed by atoms with Crippen LogP contribution in [0, 0.1) is 0 Å². The molecular weight excluding hydrogens is 415 g/mol. The smallest absolute Gasteiger partial charge is 0.210 e. The normalized spacial score (nSPS) is 11.7. The van der Waals surface area contributed by atoms with Crippen molar-refractivity contribution >= 4 is 40.0 Å². The van der Waals surface area contributed by atoms with Gasteiger partial charge in [0.05, 0.1) is 12.3 Å². The predicted molar refractivity (Wildman–Crippen MR) is 102 cm³/mol. The first-order valence-corrected chi connectivity index (χ1v) is 8.77. The van der Waals surface area contributed by atoms with Crippen molar-refractivity contribution in [2.24, 2.45) is 10.1 Å². The Bertz CT molecular complexity index is 576. The van der Waals surface area contributed by atoms with E-state index in [0.717, 1.165) is 6.42 Å². The third-order valence-electron chi connectivity index (χ3n) is 2.93. The van der Waals surface area contributed by atoms with Gasteiger partial charge in [0.2, 0.25) is 10.0 Å². The molecular formula is C14H25IN4O2S. The summed E-state index contributed by atoms with van der Waals surface area (Å²) in [6.45, 7) is 5.56. The molecule has 0 atom stereocenters. The van der Waals surface area contributed by atoms with Gasteiger partial charge in [-0.15, -0.1) is 24.0 Å². The van der Waals surface area contributed by atoms with E-state index in [9.17, 15) is 8.42 Å². The number of nitrogens with two attached hydrogens (primary N) is 1. The minimum atomic E-state index is -3.46. The van der Waals surface area contributed by atoms with Gasteiger partial charge in [-0.1, -0.05) is 31.2 Å². The summed E-state index contributed by atoms with van der Waals surface area (Å²) < 4.78 is 21.8. The third-order valence-corrected chi connectivity index (χ3v) is 3.70. The van der Waals surface area contributed by atoms with Gasteiger partial charge < -0.3 is 10.6 Å². The Kier molecular flexibility index (Phi) is 10.4. The zero-order chi connectivity index (χ0) is 15.7. The van der Waals surface area contributed by atoms with Crippen LogP contribution < -0.4 is 15.8 Å². The van der Waals surface area contributed by atoms with Crippen LogP contribution in [0.3, 0.4) is 0 Å². The van der Waals surface area contributed by atoms with Gasteiger partial charge >= 0.3 is 0 Å². The summed E-state index contributed by atoms with van der Waals surface area (Å²) in [5.74, 6) is 0.468. The first-order chi connectivity index (χ1) is 9.96. The highest BCUT2D eigenvalue weighted by Gasteiger charge is 2.04. The van der Waals surface area contributed by atoms with Crippen molar-refractivity contribution < 1.29 is 8.42 Å². The number of halogens is 1. The van der Waals surface area contributed by atoms with E-state index in [2.05, 4.69) is 34.7 Å². The minimum absolute atomic E-state index is 0. The average molecular weight is 440 g/mol. The van der Waals surface area contributed by atoms with E-state index >= 15 is 0 Å². The van der Waals surface area contributed by atoms with Crippen molar-refractivity contribution in [3.63, 3.8) is 0 Å². The molecule has 0 aliphatic carbocycles. The molecule has 0 aliphatic heterocycles. The van der Waals surface area contributed by atoms with E-state index in [-0.39, 0.29) is 36.3 Å². The van der Waals surface area contributed by atoms with E-state index in [1.165, 1.54) is 11.1 Å². The van der Waals surface area contributed by atoms with Crippen LogP contribution in [0.5, 0.6) is 0 Å². The molecule has 8 heteroatoms. The maximum atomic E-state index is 10.9. The van der Waals surface area contributed by atoms with E-state index in [1.807, 2.05) is 19.1 Å². The number of guanidine groups is 1. The lowest BCUT2D eigenvalue weighted by atomic mass is 10.1. The largest absolute Gasteiger partial charge is 0.357 e. The zero-order valence-corrected chi connectivity index (χ0v) is 16.1. The summed E-state index contributed by atoms with van der Waals surface area (Å²) in [5, 5.41) is 11.0. The van der Waals surface area contributed by atoms with Crippen LogP contribution in [-0.2, 0) is 23.0 Å². The monoisotopic (exact) mass is 440 g/mol. The van der Waals surface area contributed by atoms with E-state index < -0.39 is 10.0 Å². The molecule has 0 aliphatic rings. The number of aryl methyl sites for hydroxylation is 1. The summed E-state index contributed by atoms with van der Waals surface area (Å²) in [7, 11) is -3.46. The highest BCUT2D eigenvalue weighted by Crippen LogP contribution is 2.10. The number of rotatable bonds is 7. The fraction of sp³-hybridized carbons (Fsp3) is 0.500. The molecule has 126 valence electrons. The van der Waals surface area contributed by atoms with E-state index in [1.54, 1.807) is 0 Å². The van der Waals surface area contributed by atoms with E-state index in [0.29, 0.717) is 19.0 Å². The van der Waals surface area contributed by atoms with E-state index in [4.69, 9.17) is 5.14 Å². The van der Waals surface area contributed by atoms with Gasteiger partial charge in [-0.2, -0.15) is 0 Å². The first kappa shape index (κ1) is 21.1. The Morgan fingerprint density at radius 1 is 1.18 bits per heavy atom. The zero-order valence-electron chi connectivity index (χ0n) is 13.0. The summed E-state index contributed by atoms with van der Waals surface area (Å²) in [6, 6.07) is 8.15. The molecule has 1 aromatic rings. The quantitative estimate of drug-likeness (QED) is 0.338. The summed E-state index contributed by atoms with van der Waals surface area (Å²) in [4.78, 5) is 4.47. The van der Waals surface area contributed by atoms with Gasteiger partial charge in [0.15, 0.2) is 5.96 Å². The lowest BCUT2D eigenvalue weighted by Gasteiger charge is -2.11. The number of hydrogen-bond acceptors (Lipinski definition) is 3. The molecule has 0 aromatic heterocycles. The molecule has 0 heterocycles. The molecule has 0 unspecified atom stereocenters. The van der Waals surface area contributed by atoms with Crippen molar-refractivity contribution in [1.82, 2.24) is 10.6 Å². The van der Waals surface area contributed by atoms with Gasteiger partial charge in [0, 0.05) is 13.1 Å². The van der Waals surface area contributed by atoms with Gasteiger partial charge in [0.25, 0.3) is 0 Å². The number of nitrogens with zero attached hydrogens (tertiary/aromatic N) is 1. The van der Waals surface area contributed by atoms with Gasteiger partial charge in [-0.25, -0.2) is 18.5 Å². The highest BCUT2D eigenvalue weighted by atomic mass is 127. The van der Waals surface area contributed by atoms with Crippen molar-refractivity contribution in [2.75, 3.05) is 18.8 Å². The van der Waals surface area contributed by atoms with Crippen LogP contribution in [0.1, 0.15) is 25.0 Å². The second-order valence-corrected chi connectivity index (χ2v) is 6.35. The molecule has 22 heavy (non-hydrogen) atoms. The number of aliphatic imine (C=N–C) groups is 1. The highest BCUT2D eigenvalue weighted by molar-refractivity contribution is 14.0. The fourth-order valence-electron chi connectivity index (χ4n) is 1.87. The van der Waals surface area contributed by atoms with Crippen molar-refractivity contribution in [2.45, 2.75) is 26.8 Å². The lowest BCUT2D eigenvalue weighted by molar-refractivity contribution is 0.596. The number of nitrogens with one attached hydrogen (secondary N) is 2. The Morgan fingerprint density at radius 2 is 1.82 bits per heavy atom. The fourth-order valence-corrected chi connectivity index (χ4v) is 2.26. The number of hydrogen-bond donors (Lipinski definition) is 3. The van der Waals surface area contributed by atoms with Gasteiger partial charge in [-0.05, 0) is 24.5 Å². The molecule has 0 saturated carbocycles. The van der Waals surface area contributed by atoms with Crippen LogP contribution in [0.2, 0.25) is 0 Å². The third kappa shape index (κ3) is 8.54. The second-order valence-electron chi connectivity index (χ2n) is 4.61. The molecule has 0 spiro atoms.